The lowest BCUT2D eigenvalue weighted by atomic mass is 10.1. The van der Waals surface area contributed by atoms with Crippen LogP contribution in [0.1, 0.15) is 11.3 Å². The SMILES string of the molecule is C=C/C=C(\NC)Nc1ccc2c(c1)OCc1cc(-c3ccccc3)nn1C2. The highest BCUT2D eigenvalue weighted by Gasteiger charge is 2.17. The molecule has 5 nitrogen and oxygen atoms in total. The highest BCUT2D eigenvalue weighted by Crippen LogP contribution is 2.30. The molecular weight excluding hydrogens is 336 g/mol. The number of benzene rings is 2. The number of allylic oxidation sites excluding steroid dienone is 2. The van der Waals surface area contributed by atoms with Crippen LogP contribution in [0.3, 0.4) is 0 Å². The Labute approximate surface area is 159 Å². The fourth-order valence-corrected chi connectivity index (χ4v) is 3.13. The van der Waals surface area contributed by atoms with Crippen molar-refractivity contribution in [1.29, 1.82) is 0 Å². The lowest BCUT2D eigenvalue weighted by Crippen LogP contribution is -2.14. The summed E-state index contributed by atoms with van der Waals surface area (Å²) in [5.41, 5.74) is 5.24. The minimum atomic E-state index is 0.498. The molecule has 0 saturated heterocycles. The van der Waals surface area contributed by atoms with Crippen LogP contribution in [0.2, 0.25) is 0 Å². The molecule has 4 rings (SSSR count). The third-order valence-electron chi connectivity index (χ3n) is 4.53. The average molecular weight is 358 g/mol. The Balaban J connectivity index is 1.59. The summed E-state index contributed by atoms with van der Waals surface area (Å²) in [5, 5.41) is 11.2. The second-order valence-electron chi connectivity index (χ2n) is 6.35. The Hall–Kier alpha value is -3.47. The number of hydrogen-bond donors (Lipinski definition) is 2. The van der Waals surface area contributed by atoms with Gasteiger partial charge in [-0.05, 0) is 18.2 Å². The van der Waals surface area contributed by atoms with Gasteiger partial charge in [0.15, 0.2) is 0 Å². The second-order valence-corrected chi connectivity index (χ2v) is 6.35. The summed E-state index contributed by atoms with van der Waals surface area (Å²) in [6.07, 6.45) is 3.62. The Morgan fingerprint density at radius 2 is 2.04 bits per heavy atom. The number of aromatic nitrogens is 2. The lowest BCUT2D eigenvalue weighted by molar-refractivity contribution is 0.302. The smallest absolute Gasteiger partial charge is 0.130 e. The van der Waals surface area contributed by atoms with E-state index in [1.165, 1.54) is 0 Å². The third-order valence-corrected chi connectivity index (χ3v) is 4.53. The van der Waals surface area contributed by atoms with Crippen LogP contribution < -0.4 is 15.4 Å². The molecule has 0 spiro atoms. The molecule has 0 aliphatic carbocycles. The van der Waals surface area contributed by atoms with Crippen LogP contribution in [0.25, 0.3) is 11.3 Å². The Morgan fingerprint density at radius 1 is 1.19 bits per heavy atom. The van der Waals surface area contributed by atoms with Crippen molar-refractivity contribution in [3.8, 4) is 17.0 Å². The predicted octanol–water partition coefficient (Wildman–Crippen LogP) is 4.15. The van der Waals surface area contributed by atoms with Crippen molar-refractivity contribution in [2.45, 2.75) is 13.2 Å². The lowest BCUT2D eigenvalue weighted by Gasteiger charge is -2.13. The first kappa shape index (κ1) is 17.0. The largest absolute Gasteiger partial charge is 0.487 e. The highest BCUT2D eigenvalue weighted by atomic mass is 16.5. The number of ether oxygens (including phenoxy) is 1. The van der Waals surface area contributed by atoms with E-state index >= 15 is 0 Å². The van der Waals surface area contributed by atoms with Gasteiger partial charge in [-0.3, -0.25) is 4.68 Å². The molecule has 3 aromatic rings. The maximum Gasteiger partial charge on any atom is 0.130 e. The number of rotatable bonds is 5. The first-order chi connectivity index (χ1) is 13.3. The molecule has 0 unspecified atom stereocenters. The van der Waals surface area contributed by atoms with Crippen molar-refractivity contribution >= 4 is 5.69 Å². The topological polar surface area (TPSA) is 51.1 Å². The molecule has 0 fully saturated rings. The van der Waals surface area contributed by atoms with Crippen LogP contribution in [-0.4, -0.2) is 16.8 Å². The van der Waals surface area contributed by atoms with Gasteiger partial charge >= 0.3 is 0 Å². The van der Waals surface area contributed by atoms with Gasteiger partial charge in [0.25, 0.3) is 0 Å². The van der Waals surface area contributed by atoms with E-state index in [9.17, 15) is 0 Å². The van der Waals surface area contributed by atoms with Gasteiger partial charge in [-0.2, -0.15) is 5.10 Å². The van der Waals surface area contributed by atoms with Gasteiger partial charge in [0, 0.05) is 29.9 Å². The van der Waals surface area contributed by atoms with E-state index < -0.39 is 0 Å². The minimum Gasteiger partial charge on any atom is -0.487 e. The van der Waals surface area contributed by atoms with E-state index in [1.54, 1.807) is 6.08 Å². The summed E-state index contributed by atoms with van der Waals surface area (Å²) in [5.74, 6) is 1.75. The van der Waals surface area contributed by atoms with Crippen molar-refractivity contribution in [1.82, 2.24) is 15.1 Å². The van der Waals surface area contributed by atoms with Crippen LogP contribution in [-0.2, 0) is 13.2 Å². The predicted molar refractivity (Wildman–Crippen MR) is 109 cm³/mol. The second kappa shape index (κ2) is 7.41. The fourth-order valence-electron chi connectivity index (χ4n) is 3.13. The van der Waals surface area contributed by atoms with Gasteiger partial charge in [-0.15, -0.1) is 0 Å². The molecule has 0 atom stereocenters. The van der Waals surface area contributed by atoms with Crippen LogP contribution in [0, 0.1) is 0 Å². The zero-order chi connectivity index (χ0) is 18.6. The molecule has 2 N–H and O–H groups in total. The van der Waals surface area contributed by atoms with Gasteiger partial charge in [0.1, 0.15) is 18.2 Å². The molecule has 1 aliphatic heterocycles. The van der Waals surface area contributed by atoms with E-state index in [-0.39, 0.29) is 0 Å². The maximum atomic E-state index is 6.08. The molecule has 0 saturated carbocycles. The fraction of sp³-hybridized carbons (Fsp3) is 0.136. The van der Waals surface area contributed by atoms with Crippen molar-refractivity contribution in [3.63, 3.8) is 0 Å². The van der Waals surface area contributed by atoms with Gasteiger partial charge < -0.3 is 15.4 Å². The van der Waals surface area contributed by atoms with E-state index in [2.05, 4.69) is 41.5 Å². The number of nitrogens with zero attached hydrogens (tertiary/aromatic N) is 2. The Morgan fingerprint density at radius 3 is 2.81 bits per heavy atom. The molecule has 5 heteroatoms. The van der Waals surface area contributed by atoms with E-state index in [0.717, 1.165) is 39.8 Å². The molecule has 136 valence electrons. The number of hydrogen-bond acceptors (Lipinski definition) is 4. The quantitative estimate of drug-likeness (QED) is 0.673. The summed E-state index contributed by atoms with van der Waals surface area (Å²) < 4.78 is 8.10. The normalized spacial score (nSPS) is 13.0. The van der Waals surface area contributed by atoms with Crippen molar-refractivity contribution < 1.29 is 4.74 Å². The molecule has 1 aromatic heterocycles. The van der Waals surface area contributed by atoms with Crippen molar-refractivity contribution in [2.24, 2.45) is 0 Å². The summed E-state index contributed by atoms with van der Waals surface area (Å²) in [6, 6.07) is 18.5. The average Bonchev–Trinajstić information content (AvgIpc) is 3.03. The number of anilines is 1. The molecule has 27 heavy (non-hydrogen) atoms. The zero-order valence-corrected chi connectivity index (χ0v) is 15.3. The maximum absolute atomic E-state index is 6.08. The number of fused-ring (bicyclic) bond motifs is 2. The summed E-state index contributed by atoms with van der Waals surface area (Å²) in [6.45, 7) is 4.92. The molecule has 0 radical (unpaired) electrons. The van der Waals surface area contributed by atoms with Crippen molar-refractivity contribution in [3.05, 3.63) is 90.4 Å². The molecule has 0 bridgehead atoms. The highest BCUT2D eigenvalue weighted by molar-refractivity contribution is 5.60. The molecule has 2 heterocycles. The Kier molecular flexibility index (Phi) is 4.66. The van der Waals surface area contributed by atoms with Crippen LogP contribution in [0.4, 0.5) is 5.69 Å². The first-order valence-corrected chi connectivity index (χ1v) is 8.92. The monoisotopic (exact) mass is 358 g/mol. The molecule has 2 aromatic carbocycles. The zero-order valence-electron chi connectivity index (χ0n) is 15.3. The third kappa shape index (κ3) is 3.58. The van der Waals surface area contributed by atoms with Gasteiger partial charge in [-0.1, -0.05) is 49.1 Å². The van der Waals surface area contributed by atoms with Gasteiger partial charge in [0.05, 0.1) is 17.9 Å². The first-order valence-electron chi connectivity index (χ1n) is 8.92. The summed E-state index contributed by atoms with van der Waals surface area (Å²) in [4.78, 5) is 0. The van der Waals surface area contributed by atoms with E-state index in [1.807, 2.05) is 48.1 Å². The number of nitrogens with one attached hydrogen (secondary N) is 2. The minimum absolute atomic E-state index is 0.498. The van der Waals surface area contributed by atoms with Gasteiger partial charge in [-0.25, -0.2) is 0 Å². The standard InChI is InChI=1S/C22H22N4O/c1-3-7-22(23-2)24-18-11-10-17-14-26-19(15-27-21(17)12-18)13-20(25-26)16-8-5-4-6-9-16/h3-13,23-24H,1,14-15H2,2H3/b22-7+. The van der Waals surface area contributed by atoms with Crippen molar-refractivity contribution in [2.75, 3.05) is 12.4 Å². The molecule has 1 aliphatic rings. The van der Waals surface area contributed by atoms with Gasteiger partial charge in [0.2, 0.25) is 0 Å². The van der Waals surface area contributed by atoms with E-state index in [0.29, 0.717) is 13.2 Å². The van der Waals surface area contributed by atoms with Crippen LogP contribution in [0.5, 0.6) is 5.75 Å². The molecule has 0 amide bonds. The molecular formula is C22H22N4O. The van der Waals surface area contributed by atoms with E-state index in [4.69, 9.17) is 9.84 Å². The van der Waals surface area contributed by atoms with Crippen LogP contribution >= 0.6 is 0 Å². The van der Waals surface area contributed by atoms with Crippen LogP contribution in [0.15, 0.2) is 79.1 Å². The summed E-state index contributed by atoms with van der Waals surface area (Å²) in [7, 11) is 1.87. The summed E-state index contributed by atoms with van der Waals surface area (Å²) >= 11 is 0. The Bertz CT molecular complexity index is 989.